The number of aromatic nitrogens is 4. The smallest absolute Gasteiger partial charge is 0.337 e. The Hall–Kier alpha value is -3.61. The van der Waals surface area contributed by atoms with Gasteiger partial charge in [-0.2, -0.15) is 0 Å². The first-order valence-electron chi connectivity index (χ1n) is 10.0. The van der Waals surface area contributed by atoms with Crippen LogP contribution < -0.4 is 16.0 Å². The third-order valence-electron chi connectivity index (χ3n) is 5.74. The van der Waals surface area contributed by atoms with Crippen molar-refractivity contribution in [3.8, 4) is 11.4 Å². The maximum atomic E-state index is 13.4. The molecule has 152 valence electrons. The van der Waals surface area contributed by atoms with E-state index in [0.717, 1.165) is 18.4 Å². The van der Waals surface area contributed by atoms with E-state index in [2.05, 4.69) is 4.98 Å². The molecular weight excluding hydrogens is 380 g/mol. The van der Waals surface area contributed by atoms with Gasteiger partial charge in [0.1, 0.15) is 5.75 Å². The number of methoxy groups -OCH3 is 1. The van der Waals surface area contributed by atoms with Gasteiger partial charge in [-0.25, -0.2) is 14.3 Å². The van der Waals surface area contributed by atoms with E-state index in [1.165, 1.54) is 9.13 Å². The Morgan fingerprint density at radius 1 is 1.03 bits per heavy atom. The summed E-state index contributed by atoms with van der Waals surface area (Å²) in [4.78, 5) is 31.4. The van der Waals surface area contributed by atoms with Crippen molar-refractivity contribution in [2.24, 2.45) is 0 Å². The van der Waals surface area contributed by atoms with E-state index in [9.17, 15) is 9.59 Å². The Kier molecular flexibility index (Phi) is 4.31. The van der Waals surface area contributed by atoms with Crippen molar-refractivity contribution in [2.75, 3.05) is 7.11 Å². The van der Waals surface area contributed by atoms with Crippen LogP contribution in [-0.2, 0) is 0 Å². The zero-order chi connectivity index (χ0) is 20.8. The Morgan fingerprint density at radius 3 is 2.43 bits per heavy atom. The summed E-state index contributed by atoms with van der Waals surface area (Å²) in [6.45, 7) is 2.02. The molecule has 0 aliphatic heterocycles. The first-order chi connectivity index (χ1) is 14.6. The highest BCUT2D eigenvalue weighted by Crippen LogP contribution is 2.33. The van der Waals surface area contributed by atoms with Gasteiger partial charge in [0.05, 0.1) is 25.2 Å². The minimum Gasteiger partial charge on any atom is -0.495 e. The third-order valence-corrected chi connectivity index (χ3v) is 5.74. The third kappa shape index (κ3) is 2.77. The van der Waals surface area contributed by atoms with Gasteiger partial charge in [0.25, 0.3) is 5.56 Å². The largest absolute Gasteiger partial charge is 0.495 e. The SMILES string of the molecule is COc1ccccc1-n1c(=O)n(C2CC2)c(=O)c2c1ncn2[C@@H](C)c1ccccc1. The van der Waals surface area contributed by atoms with E-state index in [1.54, 1.807) is 25.6 Å². The van der Waals surface area contributed by atoms with E-state index in [4.69, 9.17) is 4.74 Å². The first kappa shape index (κ1) is 18.4. The Labute approximate surface area is 172 Å². The quantitative estimate of drug-likeness (QED) is 0.514. The summed E-state index contributed by atoms with van der Waals surface area (Å²) in [6, 6.07) is 17.1. The van der Waals surface area contributed by atoms with Crippen molar-refractivity contribution in [1.82, 2.24) is 18.7 Å². The predicted molar refractivity (Wildman–Crippen MR) is 115 cm³/mol. The van der Waals surface area contributed by atoms with E-state index in [1.807, 2.05) is 54.0 Å². The molecular formula is C23H22N4O3. The Balaban J connectivity index is 1.85. The number of imidazole rings is 1. The van der Waals surface area contributed by atoms with Crippen molar-refractivity contribution >= 4 is 11.2 Å². The minimum atomic E-state index is -0.378. The molecule has 5 rings (SSSR count). The number of fused-ring (bicyclic) bond motifs is 1. The maximum absolute atomic E-state index is 13.4. The Bertz CT molecular complexity index is 1350. The highest BCUT2D eigenvalue weighted by Gasteiger charge is 2.31. The molecule has 0 spiro atoms. The molecule has 0 bridgehead atoms. The lowest BCUT2D eigenvalue weighted by atomic mass is 10.1. The van der Waals surface area contributed by atoms with Crippen LogP contribution in [0.25, 0.3) is 16.9 Å². The number of nitrogens with zero attached hydrogens (tertiary/aromatic N) is 4. The lowest BCUT2D eigenvalue weighted by molar-refractivity contribution is 0.412. The molecule has 0 radical (unpaired) electrons. The molecule has 2 heterocycles. The van der Waals surface area contributed by atoms with Crippen LogP contribution in [0.5, 0.6) is 5.75 Å². The van der Waals surface area contributed by atoms with Crippen LogP contribution in [-0.4, -0.2) is 25.8 Å². The van der Waals surface area contributed by atoms with Gasteiger partial charge in [-0.15, -0.1) is 0 Å². The Morgan fingerprint density at radius 2 is 1.73 bits per heavy atom. The number of benzene rings is 2. The van der Waals surface area contributed by atoms with Gasteiger partial charge in [-0.1, -0.05) is 42.5 Å². The molecule has 0 N–H and O–H groups in total. The predicted octanol–water partition coefficient (Wildman–Crippen LogP) is 3.30. The molecule has 7 nitrogen and oxygen atoms in total. The molecule has 1 fully saturated rings. The van der Waals surface area contributed by atoms with Gasteiger partial charge in [-0.05, 0) is 37.5 Å². The van der Waals surface area contributed by atoms with E-state index >= 15 is 0 Å². The van der Waals surface area contributed by atoms with Gasteiger partial charge in [0.15, 0.2) is 11.2 Å². The summed E-state index contributed by atoms with van der Waals surface area (Å²) in [7, 11) is 1.56. The average Bonchev–Trinajstić information content (AvgIpc) is 3.51. The highest BCUT2D eigenvalue weighted by molar-refractivity contribution is 5.74. The lowest BCUT2D eigenvalue weighted by Crippen LogP contribution is -2.39. The highest BCUT2D eigenvalue weighted by atomic mass is 16.5. The second kappa shape index (κ2) is 7.02. The van der Waals surface area contributed by atoms with Gasteiger partial charge < -0.3 is 9.30 Å². The second-order valence-corrected chi connectivity index (χ2v) is 7.61. The van der Waals surface area contributed by atoms with Gasteiger partial charge in [0.2, 0.25) is 0 Å². The number of rotatable bonds is 5. The molecule has 1 aliphatic rings. The van der Waals surface area contributed by atoms with Crippen LogP contribution in [0.2, 0.25) is 0 Å². The average molecular weight is 402 g/mol. The minimum absolute atomic E-state index is 0.0641. The fraction of sp³-hybridized carbons (Fsp3) is 0.261. The number of ether oxygens (including phenoxy) is 1. The van der Waals surface area contributed by atoms with Crippen molar-refractivity contribution in [3.05, 3.63) is 87.3 Å². The molecule has 1 aliphatic carbocycles. The summed E-state index contributed by atoms with van der Waals surface area (Å²) in [6.07, 6.45) is 3.30. The zero-order valence-electron chi connectivity index (χ0n) is 16.9. The molecule has 4 aromatic rings. The number of hydrogen-bond donors (Lipinski definition) is 0. The van der Waals surface area contributed by atoms with Crippen molar-refractivity contribution in [3.63, 3.8) is 0 Å². The van der Waals surface area contributed by atoms with Crippen LogP contribution in [0.3, 0.4) is 0 Å². The standard InChI is InChI=1S/C23H22N4O3/c1-15(16-8-4-3-5-9-16)25-14-24-21-20(25)22(28)26(17-12-13-17)23(29)27(21)18-10-6-7-11-19(18)30-2/h3-11,14-15,17H,12-13H2,1-2H3/t15-/m0/s1. The number of para-hydroxylation sites is 2. The second-order valence-electron chi connectivity index (χ2n) is 7.61. The summed E-state index contributed by atoms with van der Waals surface area (Å²) in [5, 5.41) is 0. The summed E-state index contributed by atoms with van der Waals surface area (Å²) in [5.41, 5.74) is 1.73. The lowest BCUT2D eigenvalue weighted by Gasteiger charge is -2.17. The molecule has 1 saturated carbocycles. The first-order valence-corrected chi connectivity index (χ1v) is 10.0. The van der Waals surface area contributed by atoms with E-state index in [-0.39, 0.29) is 23.3 Å². The molecule has 0 unspecified atom stereocenters. The molecule has 0 amide bonds. The fourth-order valence-corrected chi connectivity index (χ4v) is 3.99. The monoisotopic (exact) mass is 402 g/mol. The van der Waals surface area contributed by atoms with E-state index in [0.29, 0.717) is 22.6 Å². The van der Waals surface area contributed by atoms with E-state index < -0.39 is 0 Å². The van der Waals surface area contributed by atoms with Crippen LogP contribution in [0.4, 0.5) is 0 Å². The van der Waals surface area contributed by atoms with Crippen molar-refractivity contribution in [2.45, 2.75) is 31.8 Å². The maximum Gasteiger partial charge on any atom is 0.337 e. The fourth-order valence-electron chi connectivity index (χ4n) is 3.99. The topological polar surface area (TPSA) is 71.1 Å². The van der Waals surface area contributed by atoms with Gasteiger partial charge in [0, 0.05) is 6.04 Å². The van der Waals surface area contributed by atoms with Crippen LogP contribution in [0, 0.1) is 0 Å². The molecule has 2 aromatic heterocycles. The van der Waals surface area contributed by atoms with Crippen LogP contribution in [0.1, 0.15) is 37.4 Å². The molecule has 1 atom stereocenters. The van der Waals surface area contributed by atoms with Gasteiger partial charge in [-0.3, -0.25) is 9.36 Å². The summed E-state index contributed by atoms with van der Waals surface area (Å²) < 4.78 is 10.2. The van der Waals surface area contributed by atoms with Crippen LogP contribution >= 0.6 is 0 Å². The number of hydrogen-bond acceptors (Lipinski definition) is 4. The molecule has 2 aromatic carbocycles. The normalized spacial score (nSPS) is 14.7. The molecule has 30 heavy (non-hydrogen) atoms. The molecule has 7 heteroatoms. The zero-order valence-corrected chi connectivity index (χ0v) is 16.9. The van der Waals surface area contributed by atoms with Gasteiger partial charge >= 0.3 is 5.69 Å². The summed E-state index contributed by atoms with van der Waals surface area (Å²) >= 11 is 0. The van der Waals surface area contributed by atoms with Crippen molar-refractivity contribution in [1.29, 1.82) is 0 Å². The van der Waals surface area contributed by atoms with Crippen molar-refractivity contribution < 1.29 is 4.74 Å². The molecule has 0 saturated heterocycles. The summed E-state index contributed by atoms with van der Waals surface area (Å²) in [5.74, 6) is 0.549. The van der Waals surface area contributed by atoms with Crippen LogP contribution in [0.15, 0.2) is 70.5 Å².